The quantitative estimate of drug-likeness (QED) is 0.300. The van der Waals surface area contributed by atoms with Crippen LogP contribution < -0.4 is 14.2 Å². The average molecular weight is 460 g/mol. The lowest BCUT2D eigenvalue weighted by molar-refractivity contribution is 0.239. The normalized spacial score (nSPS) is 10.8. The highest BCUT2D eigenvalue weighted by molar-refractivity contribution is 7.10. The zero-order valence-electron chi connectivity index (χ0n) is 16.2. The molecule has 9 heteroatoms. The molecule has 0 fully saturated rings. The monoisotopic (exact) mass is 459 g/mol. The molecule has 6 nitrogen and oxygen atoms in total. The van der Waals surface area contributed by atoms with E-state index in [1.807, 2.05) is 18.2 Å². The second-order valence-corrected chi connectivity index (χ2v) is 9.31. The molecule has 0 aromatic carbocycles. The Balaban J connectivity index is 1.36. The molecule has 0 aliphatic heterocycles. The summed E-state index contributed by atoms with van der Waals surface area (Å²) in [6.07, 6.45) is 2.39. The number of rotatable bonds is 12. The second-order valence-electron chi connectivity index (χ2n) is 6.22. The molecular weight excluding hydrogens is 438 g/mol. The molecule has 0 radical (unpaired) electrons. The maximum Gasteiger partial charge on any atom is 0.325 e. The number of ether oxygens (including phenoxy) is 3. The minimum absolute atomic E-state index is 0.221. The van der Waals surface area contributed by atoms with E-state index in [-0.39, 0.29) is 18.0 Å². The van der Waals surface area contributed by atoms with Crippen molar-refractivity contribution in [3.05, 3.63) is 67.2 Å². The first-order valence-electron chi connectivity index (χ1n) is 9.57. The molecule has 4 rings (SSSR count). The van der Waals surface area contributed by atoms with Crippen LogP contribution in [0.1, 0.15) is 14.6 Å². The van der Waals surface area contributed by atoms with E-state index < -0.39 is 0 Å². The molecular formula is C21H21N3O3S3. The first-order chi connectivity index (χ1) is 14.8. The predicted molar refractivity (Wildman–Crippen MR) is 120 cm³/mol. The van der Waals surface area contributed by atoms with Crippen molar-refractivity contribution < 1.29 is 14.2 Å². The van der Waals surface area contributed by atoms with E-state index in [0.717, 1.165) is 19.3 Å². The van der Waals surface area contributed by atoms with Gasteiger partial charge in [0, 0.05) is 33.9 Å². The van der Waals surface area contributed by atoms with Crippen molar-refractivity contribution in [3.8, 4) is 18.0 Å². The highest BCUT2D eigenvalue weighted by atomic mass is 32.1. The van der Waals surface area contributed by atoms with Crippen LogP contribution in [0.15, 0.2) is 52.5 Å². The van der Waals surface area contributed by atoms with Crippen LogP contribution >= 0.6 is 34.0 Å². The van der Waals surface area contributed by atoms with Gasteiger partial charge in [-0.25, -0.2) is 0 Å². The number of aromatic nitrogens is 3. The first kappa shape index (κ1) is 20.8. The molecule has 4 heterocycles. The summed E-state index contributed by atoms with van der Waals surface area (Å²) in [4.78, 5) is 16.6. The first-order valence-corrected chi connectivity index (χ1v) is 12.2. The fourth-order valence-corrected chi connectivity index (χ4v) is 4.68. The fourth-order valence-electron chi connectivity index (χ4n) is 2.61. The Morgan fingerprint density at radius 2 is 0.867 bits per heavy atom. The smallest absolute Gasteiger partial charge is 0.325 e. The minimum Gasteiger partial charge on any atom is -0.463 e. The van der Waals surface area contributed by atoms with E-state index in [0.29, 0.717) is 19.8 Å². The van der Waals surface area contributed by atoms with E-state index in [1.54, 1.807) is 34.0 Å². The fraction of sp³-hybridized carbons (Fsp3) is 0.286. The Morgan fingerprint density at radius 1 is 0.533 bits per heavy atom. The van der Waals surface area contributed by atoms with E-state index in [4.69, 9.17) is 14.2 Å². The molecule has 156 valence electrons. The Labute approximate surface area is 187 Å². The van der Waals surface area contributed by atoms with Gasteiger partial charge in [0.15, 0.2) is 0 Å². The maximum absolute atomic E-state index is 5.75. The van der Waals surface area contributed by atoms with Gasteiger partial charge in [-0.05, 0) is 34.3 Å². The van der Waals surface area contributed by atoms with Gasteiger partial charge in [-0.3, -0.25) is 0 Å². The van der Waals surface area contributed by atoms with E-state index in [1.165, 1.54) is 14.6 Å². The van der Waals surface area contributed by atoms with E-state index in [2.05, 4.69) is 49.3 Å². The van der Waals surface area contributed by atoms with Gasteiger partial charge in [-0.2, -0.15) is 0 Å². The van der Waals surface area contributed by atoms with Crippen LogP contribution in [0.4, 0.5) is 0 Å². The van der Waals surface area contributed by atoms with Gasteiger partial charge in [-0.15, -0.1) is 49.0 Å². The standard InChI is InChI=1S/C21H21N3O3S3/c1-4-16(28-13-1)7-10-25-19-22-20(26-11-8-17-5-2-14-29-17)24-21(23-19)27-12-9-18-6-3-15-30-18/h1-6,13-15H,7-12H2. The van der Waals surface area contributed by atoms with Crippen molar-refractivity contribution >= 4 is 34.0 Å². The van der Waals surface area contributed by atoms with Crippen LogP contribution in [0.25, 0.3) is 0 Å². The molecule has 0 aliphatic carbocycles. The van der Waals surface area contributed by atoms with E-state index >= 15 is 0 Å². The number of nitrogens with zero attached hydrogens (tertiary/aromatic N) is 3. The molecule has 4 aromatic rings. The molecule has 0 aliphatic rings. The van der Waals surface area contributed by atoms with Crippen LogP contribution in [0.2, 0.25) is 0 Å². The molecule has 0 spiro atoms. The SMILES string of the molecule is c1csc(CCOc2nc(OCCc3cccs3)nc(OCCc3cccs3)n2)c1. The second kappa shape index (κ2) is 11.1. The molecule has 0 amide bonds. The molecule has 0 unspecified atom stereocenters. The minimum atomic E-state index is 0.221. The van der Waals surface area contributed by atoms with E-state index in [9.17, 15) is 0 Å². The van der Waals surface area contributed by atoms with Crippen LogP contribution in [0.3, 0.4) is 0 Å². The summed E-state index contributed by atoms with van der Waals surface area (Å²) in [5, 5.41) is 6.16. The van der Waals surface area contributed by atoms with Gasteiger partial charge in [0.1, 0.15) is 0 Å². The van der Waals surface area contributed by atoms with Gasteiger partial charge in [0.2, 0.25) is 0 Å². The number of thiophene rings is 3. The van der Waals surface area contributed by atoms with Crippen LogP contribution in [0.5, 0.6) is 18.0 Å². The summed E-state index contributed by atoms with van der Waals surface area (Å²) in [6, 6.07) is 13.0. The van der Waals surface area contributed by atoms with Gasteiger partial charge < -0.3 is 14.2 Å². The predicted octanol–water partition coefficient (Wildman–Crippen LogP) is 4.92. The molecule has 0 saturated carbocycles. The van der Waals surface area contributed by atoms with Gasteiger partial charge in [0.25, 0.3) is 0 Å². The Kier molecular flexibility index (Phi) is 7.65. The maximum atomic E-state index is 5.75. The number of hydrogen-bond acceptors (Lipinski definition) is 9. The van der Waals surface area contributed by atoms with Crippen molar-refractivity contribution in [1.82, 2.24) is 15.0 Å². The summed E-state index contributed by atoms with van der Waals surface area (Å²) in [5.41, 5.74) is 0. The summed E-state index contributed by atoms with van der Waals surface area (Å²) in [5.74, 6) is 0. The van der Waals surface area contributed by atoms with Crippen molar-refractivity contribution in [2.75, 3.05) is 19.8 Å². The lowest BCUT2D eigenvalue weighted by Crippen LogP contribution is -2.11. The van der Waals surface area contributed by atoms with Crippen LogP contribution in [0, 0.1) is 0 Å². The third-order valence-electron chi connectivity index (χ3n) is 4.05. The highest BCUT2D eigenvalue weighted by Crippen LogP contribution is 2.18. The summed E-state index contributed by atoms with van der Waals surface area (Å²) < 4.78 is 17.3. The molecule has 30 heavy (non-hydrogen) atoms. The Morgan fingerprint density at radius 3 is 1.13 bits per heavy atom. The van der Waals surface area contributed by atoms with Crippen molar-refractivity contribution in [1.29, 1.82) is 0 Å². The summed E-state index contributed by atoms with van der Waals surface area (Å²) in [6.45, 7) is 1.44. The highest BCUT2D eigenvalue weighted by Gasteiger charge is 2.11. The average Bonchev–Trinajstić information content (AvgIpc) is 3.52. The third-order valence-corrected chi connectivity index (χ3v) is 6.86. The lowest BCUT2D eigenvalue weighted by Gasteiger charge is -2.09. The molecule has 0 atom stereocenters. The topological polar surface area (TPSA) is 66.4 Å². The van der Waals surface area contributed by atoms with Crippen LogP contribution in [-0.4, -0.2) is 34.8 Å². The van der Waals surface area contributed by atoms with Crippen molar-refractivity contribution in [3.63, 3.8) is 0 Å². The Bertz CT molecular complexity index is 849. The van der Waals surface area contributed by atoms with Gasteiger partial charge >= 0.3 is 18.0 Å². The van der Waals surface area contributed by atoms with Crippen molar-refractivity contribution in [2.24, 2.45) is 0 Å². The van der Waals surface area contributed by atoms with Gasteiger partial charge in [-0.1, -0.05) is 18.2 Å². The van der Waals surface area contributed by atoms with Crippen LogP contribution in [-0.2, 0) is 19.3 Å². The molecule has 0 saturated heterocycles. The summed E-state index contributed by atoms with van der Waals surface area (Å²) in [7, 11) is 0. The zero-order valence-corrected chi connectivity index (χ0v) is 18.7. The molecule has 0 bridgehead atoms. The summed E-state index contributed by atoms with van der Waals surface area (Å²) >= 11 is 5.11. The van der Waals surface area contributed by atoms with Crippen molar-refractivity contribution in [2.45, 2.75) is 19.3 Å². The largest absolute Gasteiger partial charge is 0.463 e. The Hall–Kier alpha value is -2.49. The number of hydrogen-bond donors (Lipinski definition) is 0. The zero-order chi connectivity index (χ0) is 20.4. The molecule has 0 N–H and O–H groups in total. The molecule has 4 aromatic heterocycles. The van der Waals surface area contributed by atoms with Gasteiger partial charge in [0.05, 0.1) is 19.8 Å². The lowest BCUT2D eigenvalue weighted by atomic mass is 10.4. The third kappa shape index (κ3) is 6.51.